The molecule has 19 heavy (non-hydrogen) atoms. The number of hydrogen-bond acceptors (Lipinski definition) is 3. The minimum Gasteiger partial charge on any atom is -0.399 e. The molecule has 0 fully saturated rings. The van der Waals surface area contributed by atoms with Crippen LogP contribution in [0.3, 0.4) is 0 Å². The normalized spacial score (nSPS) is 10.5. The molecule has 1 aromatic heterocycles. The fourth-order valence-electron chi connectivity index (χ4n) is 1.82. The van der Waals surface area contributed by atoms with E-state index in [-0.39, 0.29) is 5.91 Å². The van der Waals surface area contributed by atoms with E-state index in [0.717, 1.165) is 11.3 Å². The van der Waals surface area contributed by atoms with E-state index in [9.17, 15) is 4.79 Å². The number of aromatic nitrogens is 2. The minimum absolute atomic E-state index is 0.107. The fraction of sp³-hybridized carbons (Fsp3) is 0.231. The predicted molar refractivity (Wildman–Crippen MR) is 75.0 cm³/mol. The van der Waals surface area contributed by atoms with E-state index in [1.165, 1.54) is 6.20 Å². The summed E-state index contributed by atoms with van der Waals surface area (Å²) in [6.07, 6.45) is 1.52. The van der Waals surface area contributed by atoms with Gasteiger partial charge in [0.2, 0.25) is 0 Å². The summed E-state index contributed by atoms with van der Waals surface area (Å²) in [5.74, 6) is -0.107. The summed E-state index contributed by atoms with van der Waals surface area (Å²) in [4.78, 5) is 13.8. The number of H-pyrrole nitrogens is 1. The van der Waals surface area contributed by atoms with Crippen molar-refractivity contribution in [2.75, 3.05) is 12.8 Å². The zero-order chi connectivity index (χ0) is 14.0. The maximum Gasteiger partial charge on any atom is 0.257 e. The highest BCUT2D eigenvalue weighted by Gasteiger charge is 2.16. The number of halogens is 1. The molecule has 1 heterocycles. The number of rotatable bonds is 3. The molecule has 2 rings (SSSR count). The molecule has 0 bridgehead atoms. The second-order valence-corrected chi connectivity index (χ2v) is 4.83. The molecule has 0 saturated heterocycles. The van der Waals surface area contributed by atoms with Gasteiger partial charge in [-0.3, -0.25) is 9.89 Å². The summed E-state index contributed by atoms with van der Waals surface area (Å²) >= 11 is 6.09. The zero-order valence-electron chi connectivity index (χ0n) is 10.8. The van der Waals surface area contributed by atoms with Crippen LogP contribution in [0.15, 0.2) is 24.4 Å². The van der Waals surface area contributed by atoms with Crippen LogP contribution in [0.25, 0.3) is 0 Å². The lowest BCUT2D eigenvalue weighted by Crippen LogP contribution is -2.26. The van der Waals surface area contributed by atoms with E-state index in [1.807, 2.05) is 6.92 Å². The molecule has 0 saturated carbocycles. The Kier molecular flexibility index (Phi) is 3.76. The summed E-state index contributed by atoms with van der Waals surface area (Å²) in [5, 5.41) is 7.19. The Morgan fingerprint density at radius 2 is 2.26 bits per heavy atom. The van der Waals surface area contributed by atoms with Crippen LogP contribution in [0.2, 0.25) is 5.02 Å². The molecule has 0 atom stereocenters. The van der Waals surface area contributed by atoms with E-state index in [1.54, 1.807) is 30.1 Å². The number of nitrogens with one attached hydrogen (secondary N) is 1. The third kappa shape index (κ3) is 2.88. The second kappa shape index (κ2) is 5.32. The van der Waals surface area contributed by atoms with Gasteiger partial charge in [-0.1, -0.05) is 11.6 Å². The third-order valence-corrected chi connectivity index (χ3v) is 3.25. The molecule has 0 radical (unpaired) electrons. The zero-order valence-corrected chi connectivity index (χ0v) is 11.5. The van der Waals surface area contributed by atoms with Crippen LogP contribution in [0, 0.1) is 6.92 Å². The number of aryl methyl sites for hydroxylation is 1. The summed E-state index contributed by atoms with van der Waals surface area (Å²) in [6, 6.07) is 5.23. The minimum atomic E-state index is -0.107. The van der Waals surface area contributed by atoms with Crippen LogP contribution in [-0.2, 0) is 6.54 Å². The molecule has 0 aliphatic heterocycles. The van der Waals surface area contributed by atoms with Crippen LogP contribution < -0.4 is 5.73 Å². The van der Waals surface area contributed by atoms with Gasteiger partial charge in [-0.25, -0.2) is 0 Å². The molecule has 0 aliphatic carbocycles. The molecule has 0 aliphatic rings. The average molecular weight is 279 g/mol. The number of nitrogens with two attached hydrogens (primary N) is 1. The Bertz CT molecular complexity index is 608. The summed E-state index contributed by atoms with van der Waals surface area (Å²) < 4.78 is 0. The van der Waals surface area contributed by atoms with Gasteiger partial charge in [0.1, 0.15) is 0 Å². The topological polar surface area (TPSA) is 75.0 Å². The lowest BCUT2D eigenvalue weighted by atomic mass is 10.1. The smallest absolute Gasteiger partial charge is 0.257 e. The molecule has 6 heteroatoms. The number of carbonyl (C=O) groups excluding carboxylic acids is 1. The number of nitrogens with zero attached hydrogens (tertiary/aromatic N) is 2. The first-order valence-corrected chi connectivity index (χ1v) is 6.16. The van der Waals surface area contributed by atoms with Crippen molar-refractivity contribution in [1.29, 1.82) is 0 Å². The lowest BCUT2D eigenvalue weighted by molar-refractivity contribution is 0.0784. The largest absolute Gasteiger partial charge is 0.399 e. The van der Waals surface area contributed by atoms with E-state index in [4.69, 9.17) is 17.3 Å². The van der Waals surface area contributed by atoms with Gasteiger partial charge >= 0.3 is 0 Å². The van der Waals surface area contributed by atoms with Crippen molar-refractivity contribution in [3.63, 3.8) is 0 Å². The summed E-state index contributed by atoms with van der Waals surface area (Å²) in [6.45, 7) is 2.20. The predicted octanol–water partition coefficient (Wildman–Crippen LogP) is 2.23. The molecule has 0 spiro atoms. The van der Waals surface area contributed by atoms with Gasteiger partial charge in [0.05, 0.1) is 11.8 Å². The molecular weight excluding hydrogens is 264 g/mol. The molecule has 1 aromatic carbocycles. The van der Waals surface area contributed by atoms with Crippen molar-refractivity contribution in [1.82, 2.24) is 15.1 Å². The van der Waals surface area contributed by atoms with Crippen LogP contribution in [0.1, 0.15) is 21.6 Å². The number of carbonyl (C=O) groups is 1. The Hall–Kier alpha value is -2.01. The lowest BCUT2D eigenvalue weighted by Gasteiger charge is -2.18. The van der Waals surface area contributed by atoms with Crippen LogP contribution in [0.4, 0.5) is 5.69 Å². The van der Waals surface area contributed by atoms with Crippen LogP contribution in [-0.4, -0.2) is 28.1 Å². The highest BCUT2D eigenvalue weighted by Crippen LogP contribution is 2.21. The summed E-state index contributed by atoms with van der Waals surface area (Å²) in [5.41, 5.74) is 8.47. The molecule has 1 amide bonds. The fourth-order valence-corrected chi connectivity index (χ4v) is 1.99. The van der Waals surface area contributed by atoms with Crippen molar-refractivity contribution in [3.05, 3.63) is 46.2 Å². The van der Waals surface area contributed by atoms with Crippen molar-refractivity contribution in [2.24, 2.45) is 0 Å². The highest BCUT2D eigenvalue weighted by molar-refractivity contribution is 6.31. The molecule has 5 nitrogen and oxygen atoms in total. The molecule has 100 valence electrons. The van der Waals surface area contributed by atoms with Gasteiger partial charge in [0.15, 0.2) is 0 Å². The van der Waals surface area contributed by atoms with Crippen LogP contribution >= 0.6 is 11.6 Å². The van der Waals surface area contributed by atoms with Crippen molar-refractivity contribution >= 4 is 23.2 Å². The van der Waals surface area contributed by atoms with E-state index in [0.29, 0.717) is 22.8 Å². The third-order valence-electron chi connectivity index (χ3n) is 2.88. The molecule has 2 aromatic rings. The van der Waals surface area contributed by atoms with Crippen molar-refractivity contribution in [2.45, 2.75) is 13.5 Å². The van der Waals surface area contributed by atoms with Gasteiger partial charge in [0.25, 0.3) is 5.91 Å². The summed E-state index contributed by atoms with van der Waals surface area (Å²) in [7, 11) is 1.72. The second-order valence-electron chi connectivity index (χ2n) is 4.42. The number of benzene rings is 1. The number of nitrogen functional groups attached to an aromatic ring is 1. The van der Waals surface area contributed by atoms with E-state index in [2.05, 4.69) is 10.2 Å². The SMILES string of the molecule is Cc1[nH]ncc1C(=O)N(C)Cc1cc(N)ccc1Cl. The number of amides is 1. The Labute approximate surface area is 116 Å². The van der Waals surface area contributed by atoms with Crippen molar-refractivity contribution in [3.8, 4) is 0 Å². The maximum absolute atomic E-state index is 12.2. The van der Waals surface area contributed by atoms with Gasteiger partial charge in [-0.15, -0.1) is 0 Å². The monoisotopic (exact) mass is 278 g/mol. The first-order valence-electron chi connectivity index (χ1n) is 5.78. The molecule has 3 N–H and O–H groups in total. The quantitative estimate of drug-likeness (QED) is 0.846. The van der Waals surface area contributed by atoms with Gasteiger partial charge < -0.3 is 10.6 Å². The Morgan fingerprint density at radius 3 is 2.89 bits per heavy atom. The van der Waals surface area contributed by atoms with E-state index >= 15 is 0 Å². The number of anilines is 1. The number of hydrogen-bond donors (Lipinski definition) is 2. The highest BCUT2D eigenvalue weighted by atomic mass is 35.5. The Balaban J connectivity index is 2.17. The average Bonchev–Trinajstić information content (AvgIpc) is 2.79. The van der Waals surface area contributed by atoms with E-state index < -0.39 is 0 Å². The first-order chi connectivity index (χ1) is 8.99. The van der Waals surface area contributed by atoms with Gasteiger partial charge in [-0.2, -0.15) is 5.10 Å². The molecule has 0 unspecified atom stereocenters. The number of aromatic amines is 1. The Morgan fingerprint density at radius 1 is 1.53 bits per heavy atom. The van der Waals surface area contributed by atoms with Crippen molar-refractivity contribution < 1.29 is 4.79 Å². The van der Waals surface area contributed by atoms with Gasteiger partial charge in [-0.05, 0) is 30.7 Å². The molecular formula is C13H15ClN4O. The van der Waals surface area contributed by atoms with Gasteiger partial charge in [0, 0.05) is 30.0 Å². The standard InChI is InChI=1S/C13H15ClN4O/c1-8-11(6-16-17-8)13(19)18(2)7-9-5-10(15)3-4-12(9)14/h3-6H,7,15H2,1-2H3,(H,16,17). The van der Waals surface area contributed by atoms with Crippen LogP contribution in [0.5, 0.6) is 0 Å². The maximum atomic E-state index is 12.2. The first kappa shape index (κ1) is 13.4.